The first-order valence-corrected chi connectivity index (χ1v) is 9.37. The van der Waals surface area contributed by atoms with Crippen LogP contribution in [0.3, 0.4) is 0 Å². The zero-order valence-corrected chi connectivity index (χ0v) is 11.0. The van der Waals surface area contributed by atoms with Crippen molar-refractivity contribution in [2.24, 2.45) is 0 Å². The van der Waals surface area contributed by atoms with E-state index in [1.165, 1.54) is 12.1 Å². The van der Waals surface area contributed by atoms with E-state index in [1.807, 2.05) is 0 Å². The van der Waals surface area contributed by atoms with Gasteiger partial charge in [0.2, 0.25) is 0 Å². The van der Waals surface area contributed by atoms with Gasteiger partial charge in [0.15, 0.2) is 0 Å². The Morgan fingerprint density at radius 3 is 2.17 bits per heavy atom. The topological polar surface area (TPSA) is 58.9 Å². The fourth-order valence-corrected chi connectivity index (χ4v) is 10.2. The Hall–Kier alpha value is 0.257. The van der Waals surface area contributed by atoms with Crippen molar-refractivity contribution in [3.05, 3.63) is 24.3 Å². The summed E-state index contributed by atoms with van der Waals surface area (Å²) in [6, 6.07) is 6.34. The zero-order valence-electron chi connectivity index (χ0n) is 6.02. The molecule has 0 saturated carbocycles. The molecule has 1 aliphatic rings. The standard InChI is InChI=1S/C6H7AsO4.Sn/c8-6-3-1-5(2-4-6)7(9,10)11;/h1-4,7-9H;/q-2;+2. The molecule has 1 heterocycles. The van der Waals surface area contributed by atoms with Crippen molar-refractivity contribution in [1.82, 2.24) is 0 Å². The van der Waals surface area contributed by atoms with Gasteiger partial charge >= 0.3 is 84.2 Å². The summed E-state index contributed by atoms with van der Waals surface area (Å²) >= 11 is -4.54. The van der Waals surface area contributed by atoms with Gasteiger partial charge in [0.1, 0.15) is 0 Å². The SMILES string of the molecule is Oc1ccc([AsH]2(O)[O][Sn][O]2)cc1. The molecule has 0 spiro atoms. The van der Waals surface area contributed by atoms with E-state index in [2.05, 4.69) is 0 Å². The van der Waals surface area contributed by atoms with Crippen LogP contribution in [0.5, 0.6) is 5.75 Å². The van der Waals surface area contributed by atoms with Gasteiger partial charge in [-0.15, -0.1) is 0 Å². The molecule has 0 atom stereocenters. The van der Waals surface area contributed by atoms with Gasteiger partial charge in [0.05, 0.1) is 0 Å². The third-order valence-corrected chi connectivity index (χ3v) is 16.0. The summed E-state index contributed by atoms with van der Waals surface area (Å²) in [6.07, 6.45) is 0. The second-order valence-electron chi connectivity index (χ2n) is 2.42. The van der Waals surface area contributed by atoms with Crippen molar-refractivity contribution in [3.8, 4) is 5.75 Å². The van der Waals surface area contributed by atoms with Gasteiger partial charge < -0.3 is 0 Å². The van der Waals surface area contributed by atoms with E-state index in [-0.39, 0.29) is 5.75 Å². The van der Waals surface area contributed by atoms with Crippen LogP contribution in [0.15, 0.2) is 24.3 Å². The first-order valence-electron chi connectivity index (χ1n) is 3.34. The number of hydrogen-bond donors (Lipinski definition) is 2. The predicted octanol–water partition coefficient (Wildman–Crippen LogP) is -1.16. The Kier molecular flexibility index (Phi) is 2.35. The molecule has 2 rings (SSSR count). The third kappa shape index (κ3) is 1.49. The van der Waals surface area contributed by atoms with Crippen molar-refractivity contribution in [2.45, 2.75) is 0 Å². The molecule has 0 aliphatic carbocycles. The average molecular weight is 337 g/mol. The molecule has 0 unspecified atom stereocenters. The molecule has 2 radical (unpaired) electrons. The van der Waals surface area contributed by atoms with E-state index in [4.69, 9.17) is 9.23 Å². The number of phenolic OH excluding ortho intramolecular Hbond substituents is 1. The molecular weight excluding hydrogens is 330 g/mol. The van der Waals surface area contributed by atoms with Crippen LogP contribution in [0.25, 0.3) is 0 Å². The summed E-state index contributed by atoms with van der Waals surface area (Å²) in [5, 5.41) is 8.98. The van der Waals surface area contributed by atoms with Crippen molar-refractivity contribution in [1.29, 1.82) is 0 Å². The fraction of sp³-hybridized carbons (Fsp3) is 0. The molecule has 64 valence electrons. The van der Waals surface area contributed by atoms with Crippen LogP contribution in [-0.2, 0) is 4.13 Å². The quantitative estimate of drug-likeness (QED) is 0.636. The molecule has 2 N–H and O–H groups in total. The number of aromatic hydroxyl groups is 1. The number of rotatable bonds is 1. The Morgan fingerprint density at radius 2 is 1.75 bits per heavy atom. The Balaban J connectivity index is 2.28. The molecule has 4 nitrogen and oxygen atoms in total. The second-order valence-corrected chi connectivity index (χ2v) is 13.5. The van der Waals surface area contributed by atoms with E-state index in [0.717, 1.165) is 0 Å². The van der Waals surface area contributed by atoms with Gasteiger partial charge in [0, 0.05) is 0 Å². The number of benzene rings is 1. The maximum atomic E-state index is 9.68. The molecular formula is C6H7AsO4Sn. The summed E-state index contributed by atoms with van der Waals surface area (Å²) in [6.45, 7) is 0. The van der Waals surface area contributed by atoms with Crippen LogP contribution in [-0.4, -0.2) is 45.7 Å². The van der Waals surface area contributed by atoms with Gasteiger partial charge in [-0.2, -0.15) is 0 Å². The molecule has 1 aliphatic heterocycles. The minimum absolute atomic E-state index is 0.184. The van der Waals surface area contributed by atoms with Crippen molar-refractivity contribution in [2.75, 3.05) is 0 Å². The van der Waals surface area contributed by atoms with Gasteiger partial charge in [-0.1, -0.05) is 0 Å². The maximum absolute atomic E-state index is 9.68. The fourth-order valence-electron chi connectivity index (χ4n) is 0.911. The van der Waals surface area contributed by atoms with Crippen LogP contribution >= 0.6 is 0 Å². The minimum atomic E-state index is -3.42. The summed E-state index contributed by atoms with van der Waals surface area (Å²) in [4.78, 5) is 0. The van der Waals surface area contributed by atoms with E-state index in [0.29, 0.717) is 4.35 Å². The molecule has 12 heavy (non-hydrogen) atoms. The van der Waals surface area contributed by atoms with Crippen LogP contribution in [0.1, 0.15) is 0 Å². The van der Waals surface area contributed by atoms with E-state index < -0.39 is 36.5 Å². The second kappa shape index (κ2) is 3.19. The molecule has 0 aromatic heterocycles. The zero-order chi connectivity index (χ0) is 8.60. The van der Waals surface area contributed by atoms with Crippen LogP contribution in [0, 0.1) is 0 Å². The monoisotopic (exact) mass is 338 g/mol. The van der Waals surface area contributed by atoms with Crippen molar-refractivity contribution >= 4 is 40.9 Å². The van der Waals surface area contributed by atoms with Crippen LogP contribution < -0.4 is 4.35 Å². The average Bonchev–Trinajstić information content (AvgIpc) is 2.02. The molecule has 1 fully saturated rings. The van der Waals surface area contributed by atoms with Crippen molar-refractivity contribution in [3.63, 3.8) is 0 Å². The van der Waals surface area contributed by atoms with E-state index in [1.54, 1.807) is 12.1 Å². The first kappa shape index (κ1) is 8.84. The number of phenols is 1. The summed E-state index contributed by atoms with van der Waals surface area (Å²) in [5.74, 6) is 0.184. The molecule has 1 aromatic carbocycles. The summed E-state index contributed by atoms with van der Waals surface area (Å²) in [7, 11) is 0. The number of hydrogen-bond acceptors (Lipinski definition) is 4. The Morgan fingerprint density at radius 1 is 1.17 bits per heavy atom. The molecule has 0 bridgehead atoms. The molecule has 1 aromatic rings. The van der Waals surface area contributed by atoms with Crippen LogP contribution in [0.4, 0.5) is 0 Å². The first-order chi connectivity index (χ1) is 5.71. The normalized spacial score (nSPS) is 22.8. The van der Waals surface area contributed by atoms with Crippen LogP contribution in [0.2, 0.25) is 0 Å². The van der Waals surface area contributed by atoms with E-state index in [9.17, 15) is 4.10 Å². The molecule has 6 heteroatoms. The summed E-state index contributed by atoms with van der Waals surface area (Å²) in [5.41, 5.74) is 0. The predicted molar refractivity (Wildman–Crippen MR) is 45.0 cm³/mol. The van der Waals surface area contributed by atoms with Gasteiger partial charge in [-0.3, -0.25) is 0 Å². The summed E-state index contributed by atoms with van der Waals surface area (Å²) < 4.78 is 20.7. The Bertz CT molecular complexity index is 284. The third-order valence-electron chi connectivity index (χ3n) is 1.59. The van der Waals surface area contributed by atoms with Gasteiger partial charge in [0.25, 0.3) is 0 Å². The molecule has 0 amide bonds. The van der Waals surface area contributed by atoms with Crippen molar-refractivity contribution < 1.29 is 13.3 Å². The van der Waals surface area contributed by atoms with E-state index >= 15 is 0 Å². The van der Waals surface area contributed by atoms with Gasteiger partial charge in [-0.05, 0) is 0 Å². The molecule has 1 saturated heterocycles. The van der Waals surface area contributed by atoms with Gasteiger partial charge in [-0.25, -0.2) is 0 Å². The Labute approximate surface area is 83.9 Å².